The van der Waals surface area contributed by atoms with Gasteiger partial charge in [0.2, 0.25) is 0 Å². The Hall–Kier alpha value is -2.90. The van der Waals surface area contributed by atoms with Crippen molar-refractivity contribution >= 4 is 68.4 Å². The van der Waals surface area contributed by atoms with Gasteiger partial charge in [-0.05, 0) is 37.6 Å². The summed E-state index contributed by atoms with van der Waals surface area (Å²) in [6.07, 6.45) is 1.43. The summed E-state index contributed by atoms with van der Waals surface area (Å²) in [5, 5.41) is 16.2. The SMILES string of the molecule is CCOC(=O)c1c(N/C=C(/C#N)c2nc(-c3ccc(Cl)cc3Cl)cs2)sc(C(=O)OC)c1C. The number of esters is 2. The summed E-state index contributed by atoms with van der Waals surface area (Å²) in [6, 6.07) is 7.18. The van der Waals surface area contributed by atoms with Crippen LogP contribution in [0.4, 0.5) is 5.00 Å². The van der Waals surface area contributed by atoms with Crippen molar-refractivity contribution in [2.24, 2.45) is 0 Å². The van der Waals surface area contributed by atoms with E-state index in [2.05, 4.69) is 16.4 Å². The van der Waals surface area contributed by atoms with E-state index in [0.29, 0.717) is 36.9 Å². The van der Waals surface area contributed by atoms with Gasteiger partial charge < -0.3 is 14.8 Å². The van der Waals surface area contributed by atoms with E-state index in [1.54, 1.807) is 37.4 Å². The van der Waals surface area contributed by atoms with Crippen molar-refractivity contribution < 1.29 is 19.1 Å². The molecule has 7 nitrogen and oxygen atoms in total. The molecule has 0 spiro atoms. The second-order valence-corrected chi connectivity index (χ2v) is 9.17. The van der Waals surface area contributed by atoms with Crippen LogP contribution < -0.4 is 5.32 Å². The Labute approximate surface area is 208 Å². The lowest BCUT2D eigenvalue weighted by Crippen LogP contribution is -2.08. The summed E-state index contributed by atoms with van der Waals surface area (Å²) >= 11 is 14.5. The molecule has 0 bridgehead atoms. The molecule has 33 heavy (non-hydrogen) atoms. The fraction of sp³-hybridized carbons (Fsp3) is 0.182. The Morgan fingerprint density at radius 1 is 1.30 bits per heavy atom. The highest BCUT2D eigenvalue weighted by molar-refractivity contribution is 7.18. The molecule has 2 aromatic heterocycles. The quantitative estimate of drug-likeness (QED) is 0.282. The highest BCUT2D eigenvalue weighted by Gasteiger charge is 2.26. The van der Waals surface area contributed by atoms with Gasteiger partial charge in [0, 0.05) is 22.2 Å². The standard InChI is InChI=1S/C22H17Cl2N3O4S2/c1-4-31-21(28)17-11(2)18(22(29)30-3)33-20(17)26-9-12(8-25)19-27-16(10-32-19)14-6-5-13(23)7-15(14)24/h5-7,9-10,26H,4H2,1-3H3/b12-9-. The number of nitrogens with zero attached hydrogens (tertiary/aromatic N) is 2. The lowest BCUT2D eigenvalue weighted by molar-refractivity contribution is 0.0527. The predicted octanol–water partition coefficient (Wildman–Crippen LogP) is 6.43. The Morgan fingerprint density at radius 3 is 2.70 bits per heavy atom. The number of rotatable bonds is 7. The normalized spacial score (nSPS) is 11.1. The molecule has 3 aromatic rings. The number of hydrogen-bond acceptors (Lipinski definition) is 9. The van der Waals surface area contributed by atoms with Gasteiger partial charge >= 0.3 is 11.9 Å². The molecule has 0 aliphatic carbocycles. The molecule has 0 saturated carbocycles. The Bertz CT molecular complexity index is 1290. The molecule has 0 amide bonds. The Morgan fingerprint density at radius 2 is 2.06 bits per heavy atom. The summed E-state index contributed by atoms with van der Waals surface area (Å²) in [5.74, 6) is -1.14. The number of benzene rings is 1. The van der Waals surface area contributed by atoms with Crippen molar-refractivity contribution in [2.75, 3.05) is 19.0 Å². The van der Waals surface area contributed by atoms with Gasteiger partial charge in [-0.1, -0.05) is 23.2 Å². The number of halogens is 2. The summed E-state index contributed by atoms with van der Waals surface area (Å²) < 4.78 is 9.92. The number of nitriles is 1. The van der Waals surface area contributed by atoms with Gasteiger partial charge in [-0.25, -0.2) is 14.6 Å². The molecule has 0 fully saturated rings. The number of ether oxygens (including phenoxy) is 2. The van der Waals surface area contributed by atoms with Crippen LogP contribution in [0.1, 0.15) is 37.5 Å². The first-order valence-corrected chi connectivity index (χ1v) is 11.9. The monoisotopic (exact) mass is 521 g/mol. The summed E-state index contributed by atoms with van der Waals surface area (Å²) in [5.41, 5.74) is 2.17. The molecule has 1 N–H and O–H groups in total. The molecule has 0 aliphatic rings. The van der Waals surface area contributed by atoms with Crippen LogP contribution in [0.3, 0.4) is 0 Å². The third-order valence-corrected chi connectivity index (χ3v) is 7.03. The number of methoxy groups -OCH3 is 1. The fourth-order valence-corrected chi connectivity index (χ4v) is 5.22. The molecule has 3 rings (SSSR count). The van der Waals surface area contributed by atoms with Crippen LogP contribution in [0.25, 0.3) is 16.8 Å². The molecule has 0 aliphatic heterocycles. The van der Waals surface area contributed by atoms with Crippen LogP contribution in [-0.4, -0.2) is 30.6 Å². The van der Waals surface area contributed by atoms with Crippen LogP contribution in [0.15, 0.2) is 29.8 Å². The first-order valence-electron chi connectivity index (χ1n) is 9.47. The molecule has 0 radical (unpaired) electrons. The topological polar surface area (TPSA) is 101 Å². The average Bonchev–Trinajstić information content (AvgIpc) is 3.39. The number of anilines is 1. The summed E-state index contributed by atoms with van der Waals surface area (Å²) in [4.78, 5) is 29.4. The Kier molecular flexibility index (Phi) is 8.10. The third kappa shape index (κ3) is 5.37. The molecular weight excluding hydrogens is 505 g/mol. The zero-order chi connectivity index (χ0) is 24.1. The second kappa shape index (κ2) is 10.8. The number of allylic oxidation sites excluding steroid dienone is 1. The van der Waals surface area contributed by atoms with E-state index in [1.165, 1.54) is 24.6 Å². The van der Waals surface area contributed by atoms with Gasteiger partial charge in [-0.15, -0.1) is 22.7 Å². The molecule has 170 valence electrons. The van der Waals surface area contributed by atoms with E-state index in [4.69, 9.17) is 32.7 Å². The van der Waals surface area contributed by atoms with Crippen LogP contribution in [0.5, 0.6) is 0 Å². The number of nitrogens with one attached hydrogen (secondary N) is 1. The van der Waals surface area contributed by atoms with Crippen molar-refractivity contribution in [2.45, 2.75) is 13.8 Å². The fourth-order valence-electron chi connectivity index (χ4n) is 2.85. The van der Waals surface area contributed by atoms with Crippen LogP contribution in [-0.2, 0) is 9.47 Å². The number of hydrogen-bond donors (Lipinski definition) is 1. The minimum Gasteiger partial charge on any atom is -0.465 e. The van der Waals surface area contributed by atoms with Crippen LogP contribution >= 0.6 is 45.9 Å². The zero-order valence-corrected chi connectivity index (χ0v) is 20.8. The maximum Gasteiger partial charge on any atom is 0.348 e. The number of carbonyl (C=O) groups is 2. The van der Waals surface area contributed by atoms with Crippen molar-refractivity contribution in [3.8, 4) is 17.3 Å². The average molecular weight is 522 g/mol. The maximum absolute atomic E-state index is 12.5. The summed E-state index contributed by atoms with van der Waals surface area (Å²) in [6.45, 7) is 3.50. The van der Waals surface area contributed by atoms with Gasteiger partial charge in [0.05, 0.1) is 30.0 Å². The lowest BCUT2D eigenvalue weighted by Gasteiger charge is -2.05. The van der Waals surface area contributed by atoms with Crippen molar-refractivity contribution in [1.82, 2.24) is 4.98 Å². The lowest BCUT2D eigenvalue weighted by atomic mass is 10.1. The molecular formula is C22H17Cl2N3O4S2. The Balaban J connectivity index is 1.95. The van der Waals surface area contributed by atoms with E-state index in [9.17, 15) is 14.9 Å². The zero-order valence-electron chi connectivity index (χ0n) is 17.7. The summed E-state index contributed by atoms with van der Waals surface area (Å²) in [7, 11) is 1.26. The highest BCUT2D eigenvalue weighted by atomic mass is 35.5. The largest absolute Gasteiger partial charge is 0.465 e. The first-order chi connectivity index (χ1) is 15.8. The van der Waals surface area contributed by atoms with Gasteiger partial charge in [0.15, 0.2) is 0 Å². The molecule has 1 aromatic carbocycles. The molecule has 11 heteroatoms. The van der Waals surface area contributed by atoms with Gasteiger partial charge in [-0.2, -0.15) is 5.26 Å². The second-order valence-electron chi connectivity index (χ2n) is 6.45. The first kappa shape index (κ1) is 24.7. The van der Waals surface area contributed by atoms with E-state index in [-0.39, 0.29) is 22.6 Å². The van der Waals surface area contributed by atoms with E-state index in [0.717, 1.165) is 11.3 Å². The number of aromatic nitrogens is 1. The molecule has 0 unspecified atom stereocenters. The van der Waals surface area contributed by atoms with E-state index < -0.39 is 11.9 Å². The van der Waals surface area contributed by atoms with Gasteiger partial charge in [-0.3, -0.25) is 0 Å². The number of thiophene rings is 1. The molecule has 0 atom stereocenters. The van der Waals surface area contributed by atoms with Crippen molar-refractivity contribution in [3.05, 3.63) is 60.8 Å². The minimum absolute atomic E-state index is 0.176. The van der Waals surface area contributed by atoms with Crippen molar-refractivity contribution in [3.63, 3.8) is 0 Å². The predicted molar refractivity (Wildman–Crippen MR) is 131 cm³/mol. The maximum atomic E-state index is 12.5. The number of carbonyl (C=O) groups excluding carboxylic acids is 2. The van der Waals surface area contributed by atoms with Crippen molar-refractivity contribution in [1.29, 1.82) is 5.26 Å². The van der Waals surface area contributed by atoms with Crippen LogP contribution in [0, 0.1) is 18.3 Å². The van der Waals surface area contributed by atoms with Gasteiger partial charge in [0.1, 0.15) is 26.5 Å². The highest BCUT2D eigenvalue weighted by Crippen LogP contribution is 2.36. The minimum atomic E-state index is -0.579. The van der Waals surface area contributed by atoms with Gasteiger partial charge in [0.25, 0.3) is 0 Å². The van der Waals surface area contributed by atoms with E-state index >= 15 is 0 Å². The van der Waals surface area contributed by atoms with E-state index in [1.807, 2.05) is 0 Å². The van der Waals surface area contributed by atoms with Crippen LogP contribution in [0.2, 0.25) is 10.0 Å². The third-order valence-electron chi connectivity index (χ3n) is 4.41. The smallest absolute Gasteiger partial charge is 0.348 e. The molecule has 0 saturated heterocycles. The number of thiazole rings is 1. The molecule has 2 heterocycles.